The second-order valence-corrected chi connectivity index (χ2v) is 6.73. The first-order chi connectivity index (χ1) is 12.2. The minimum absolute atomic E-state index is 0.377. The standard InChI is InChI=1S/C20H23N3O2/c1-15(18-4-3-17-6-11-25-19(17)12-18)22-7-9-23(10-8-22)20-5-2-16(14-24)13-21-20/h2-5,12-15H,6-11H2,1H3. The highest BCUT2D eigenvalue weighted by molar-refractivity contribution is 5.74. The molecule has 4 rings (SSSR count). The largest absolute Gasteiger partial charge is 0.493 e. The second kappa shape index (κ2) is 6.84. The van der Waals surface area contributed by atoms with Crippen LogP contribution in [0.3, 0.4) is 0 Å². The van der Waals surface area contributed by atoms with E-state index in [0.29, 0.717) is 11.6 Å². The summed E-state index contributed by atoms with van der Waals surface area (Å²) in [7, 11) is 0. The summed E-state index contributed by atoms with van der Waals surface area (Å²) in [4.78, 5) is 19.9. The number of hydrogen-bond donors (Lipinski definition) is 0. The molecule has 0 saturated carbocycles. The number of pyridine rings is 1. The SMILES string of the molecule is CC(c1ccc2c(c1)OCC2)N1CCN(c2ccc(C=O)cn2)CC1. The first kappa shape index (κ1) is 16.1. The Morgan fingerprint density at radius 3 is 2.72 bits per heavy atom. The van der Waals surface area contributed by atoms with Crippen LogP contribution in [0.25, 0.3) is 0 Å². The third-order valence-electron chi connectivity index (χ3n) is 5.30. The Morgan fingerprint density at radius 1 is 1.16 bits per heavy atom. The van der Waals surface area contributed by atoms with Crippen molar-refractivity contribution >= 4 is 12.1 Å². The lowest BCUT2D eigenvalue weighted by atomic mass is 10.0. The number of anilines is 1. The van der Waals surface area contributed by atoms with E-state index in [1.54, 1.807) is 6.20 Å². The van der Waals surface area contributed by atoms with Gasteiger partial charge in [0.15, 0.2) is 6.29 Å². The molecule has 1 aromatic heterocycles. The van der Waals surface area contributed by atoms with Crippen molar-refractivity contribution in [3.8, 4) is 5.75 Å². The highest BCUT2D eigenvalue weighted by atomic mass is 16.5. The predicted octanol–water partition coefficient (Wildman–Crippen LogP) is 2.71. The van der Waals surface area contributed by atoms with Gasteiger partial charge in [0.2, 0.25) is 0 Å². The summed E-state index contributed by atoms with van der Waals surface area (Å²) in [5.41, 5.74) is 3.27. The average molecular weight is 337 g/mol. The Kier molecular flexibility index (Phi) is 4.40. The first-order valence-electron chi connectivity index (χ1n) is 8.90. The Bertz CT molecular complexity index is 752. The fourth-order valence-corrected chi connectivity index (χ4v) is 3.65. The van der Waals surface area contributed by atoms with E-state index in [1.165, 1.54) is 11.1 Å². The molecular formula is C20H23N3O2. The lowest BCUT2D eigenvalue weighted by Crippen LogP contribution is -2.47. The summed E-state index contributed by atoms with van der Waals surface area (Å²) < 4.78 is 5.71. The van der Waals surface area contributed by atoms with E-state index in [0.717, 1.165) is 57.1 Å². The van der Waals surface area contributed by atoms with Crippen LogP contribution in [0.5, 0.6) is 5.75 Å². The van der Waals surface area contributed by atoms with E-state index >= 15 is 0 Å². The average Bonchev–Trinajstić information content (AvgIpc) is 3.15. The molecule has 1 fully saturated rings. The summed E-state index contributed by atoms with van der Waals surface area (Å²) in [5.74, 6) is 2.01. The fourth-order valence-electron chi connectivity index (χ4n) is 3.65. The maximum absolute atomic E-state index is 10.7. The van der Waals surface area contributed by atoms with Gasteiger partial charge in [-0.1, -0.05) is 12.1 Å². The second-order valence-electron chi connectivity index (χ2n) is 6.73. The fraction of sp³-hybridized carbons (Fsp3) is 0.400. The van der Waals surface area contributed by atoms with Crippen LogP contribution in [0.4, 0.5) is 5.82 Å². The Morgan fingerprint density at radius 2 is 2.00 bits per heavy atom. The molecule has 0 spiro atoms. The first-order valence-corrected chi connectivity index (χ1v) is 8.90. The molecule has 0 radical (unpaired) electrons. The van der Waals surface area contributed by atoms with Crippen molar-refractivity contribution in [3.63, 3.8) is 0 Å². The van der Waals surface area contributed by atoms with E-state index < -0.39 is 0 Å². The van der Waals surface area contributed by atoms with Crippen molar-refractivity contribution in [1.29, 1.82) is 0 Å². The van der Waals surface area contributed by atoms with E-state index in [-0.39, 0.29) is 0 Å². The van der Waals surface area contributed by atoms with E-state index in [9.17, 15) is 4.79 Å². The van der Waals surface area contributed by atoms with Crippen molar-refractivity contribution < 1.29 is 9.53 Å². The van der Waals surface area contributed by atoms with Crippen LogP contribution in [-0.2, 0) is 6.42 Å². The molecule has 2 aliphatic heterocycles. The van der Waals surface area contributed by atoms with E-state index in [1.807, 2.05) is 12.1 Å². The van der Waals surface area contributed by atoms with Crippen LogP contribution in [0.2, 0.25) is 0 Å². The molecule has 1 unspecified atom stereocenters. The van der Waals surface area contributed by atoms with Crippen LogP contribution in [0, 0.1) is 0 Å². The van der Waals surface area contributed by atoms with Crippen molar-refractivity contribution in [2.75, 3.05) is 37.7 Å². The number of aromatic nitrogens is 1. The number of piperazine rings is 1. The van der Waals surface area contributed by atoms with Gasteiger partial charge in [-0.2, -0.15) is 0 Å². The van der Waals surface area contributed by atoms with Gasteiger partial charge >= 0.3 is 0 Å². The lowest BCUT2D eigenvalue weighted by Gasteiger charge is -2.38. The number of rotatable bonds is 4. The molecule has 25 heavy (non-hydrogen) atoms. The maximum atomic E-state index is 10.7. The number of fused-ring (bicyclic) bond motifs is 1. The molecule has 5 nitrogen and oxygen atoms in total. The zero-order valence-corrected chi connectivity index (χ0v) is 14.5. The number of aldehydes is 1. The van der Waals surface area contributed by atoms with Crippen LogP contribution in [0.1, 0.15) is 34.5 Å². The number of carbonyl (C=O) groups is 1. The maximum Gasteiger partial charge on any atom is 0.151 e. The number of hydrogen-bond acceptors (Lipinski definition) is 5. The number of benzene rings is 1. The molecular weight excluding hydrogens is 314 g/mol. The summed E-state index contributed by atoms with van der Waals surface area (Å²) >= 11 is 0. The van der Waals surface area contributed by atoms with Gasteiger partial charge in [-0.25, -0.2) is 4.98 Å². The number of ether oxygens (including phenoxy) is 1. The predicted molar refractivity (Wildman–Crippen MR) is 97.5 cm³/mol. The monoisotopic (exact) mass is 337 g/mol. The number of nitrogens with zero attached hydrogens (tertiary/aromatic N) is 3. The summed E-state index contributed by atoms with van der Waals surface area (Å²) in [6.45, 7) is 6.95. The molecule has 0 amide bonds. The molecule has 3 heterocycles. The third kappa shape index (κ3) is 3.24. The van der Waals surface area contributed by atoms with Crippen LogP contribution in [0.15, 0.2) is 36.5 Å². The van der Waals surface area contributed by atoms with Crippen molar-refractivity contribution in [2.45, 2.75) is 19.4 Å². The quantitative estimate of drug-likeness (QED) is 0.803. The molecule has 2 aromatic rings. The number of carbonyl (C=O) groups excluding carboxylic acids is 1. The van der Waals surface area contributed by atoms with Crippen molar-refractivity contribution in [2.24, 2.45) is 0 Å². The molecule has 1 atom stereocenters. The molecule has 2 aliphatic rings. The Balaban J connectivity index is 1.40. The smallest absolute Gasteiger partial charge is 0.151 e. The van der Waals surface area contributed by atoms with Crippen LogP contribution >= 0.6 is 0 Å². The van der Waals surface area contributed by atoms with Gasteiger partial charge in [-0.05, 0) is 36.2 Å². The highest BCUT2D eigenvalue weighted by Gasteiger charge is 2.24. The van der Waals surface area contributed by atoms with Gasteiger partial charge in [0.1, 0.15) is 11.6 Å². The summed E-state index contributed by atoms with van der Waals surface area (Å²) in [5, 5.41) is 0. The van der Waals surface area contributed by atoms with E-state index in [2.05, 4.69) is 39.9 Å². The van der Waals surface area contributed by atoms with Crippen molar-refractivity contribution in [3.05, 3.63) is 53.2 Å². The Hall–Kier alpha value is -2.40. The molecule has 130 valence electrons. The third-order valence-corrected chi connectivity index (χ3v) is 5.30. The minimum Gasteiger partial charge on any atom is -0.493 e. The molecule has 0 N–H and O–H groups in total. The minimum atomic E-state index is 0.377. The Labute approximate surface area is 148 Å². The zero-order valence-electron chi connectivity index (χ0n) is 14.5. The van der Waals surface area contributed by atoms with Crippen molar-refractivity contribution in [1.82, 2.24) is 9.88 Å². The lowest BCUT2D eigenvalue weighted by molar-refractivity contribution is 0.112. The highest BCUT2D eigenvalue weighted by Crippen LogP contribution is 2.31. The summed E-state index contributed by atoms with van der Waals surface area (Å²) in [6, 6.07) is 10.8. The van der Waals surface area contributed by atoms with Gasteiger partial charge in [0.05, 0.1) is 6.61 Å². The summed E-state index contributed by atoms with van der Waals surface area (Å²) in [6.07, 6.45) is 3.50. The van der Waals surface area contributed by atoms with Gasteiger partial charge in [-0.3, -0.25) is 9.69 Å². The molecule has 0 bridgehead atoms. The van der Waals surface area contributed by atoms with Crippen LogP contribution < -0.4 is 9.64 Å². The molecule has 1 saturated heterocycles. The molecule has 5 heteroatoms. The topological polar surface area (TPSA) is 45.7 Å². The van der Waals surface area contributed by atoms with E-state index in [4.69, 9.17) is 4.74 Å². The molecule has 1 aromatic carbocycles. The zero-order chi connectivity index (χ0) is 17.2. The van der Waals surface area contributed by atoms with Gasteiger partial charge in [-0.15, -0.1) is 0 Å². The normalized spacial score (nSPS) is 18.5. The van der Waals surface area contributed by atoms with Gasteiger partial charge < -0.3 is 9.64 Å². The van der Waals surface area contributed by atoms with Crippen LogP contribution in [-0.4, -0.2) is 49.0 Å². The van der Waals surface area contributed by atoms with Gasteiger partial charge in [0, 0.05) is 50.4 Å². The molecule has 0 aliphatic carbocycles. The van der Waals surface area contributed by atoms with Gasteiger partial charge in [0.25, 0.3) is 0 Å².